The van der Waals surface area contributed by atoms with Crippen molar-refractivity contribution in [1.82, 2.24) is 25.0 Å². The van der Waals surface area contributed by atoms with Gasteiger partial charge >= 0.3 is 0 Å². The Kier molecular flexibility index (Phi) is 5.13. The lowest BCUT2D eigenvalue weighted by Gasteiger charge is -2.12. The second-order valence-corrected chi connectivity index (χ2v) is 7.99. The summed E-state index contributed by atoms with van der Waals surface area (Å²) in [5, 5.41) is 17.9. The molecule has 7 nitrogen and oxygen atoms in total. The van der Waals surface area contributed by atoms with Crippen LogP contribution in [0.2, 0.25) is 0 Å². The number of thioether (sulfide) groups is 1. The van der Waals surface area contributed by atoms with Crippen LogP contribution >= 0.6 is 11.8 Å². The molecule has 2 aromatic carbocycles. The highest BCUT2D eigenvalue weighted by Gasteiger charge is 2.18. The summed E-state index contributed by atoms with van der Waals surface area (Å²) < 4.78 is 13.1. The normalized spacial score (nSPS) is 11.2. The van der Waals surface area contributed by atoms with E-state index in [0.717, 1.165) is 22.2 Å². The van der Waals surface area contributed by atoms with E-state index in [4.69, 9.17) is 8.83 Å². The maximum Gasteiger partial charge on any atom is 0.283 e. The van der Waals surface area contributed by atoms with Crippen molar-refractivity contribution in [3.05, 3.63) is 83.9 Å². The predicted molar refractivity (Wildman–Crippen MR) is 118 cm³/mol. The van der Waals surface area contributed by atoms with Crippen molar-refractivity contribution in [2.24, 2.45) is 0 Å². The Bertz CT molecular complexity index is 1310. The number of furan rings is 1. The molecule has 0 bridgehead atoms. The SMILES string of the molecule is Cc1ccc(-n2c(SCc3nnc(-c4ccco4)o3)nnc2-c2ccccc2)cc1C. The van der Waals surface area contributed by atoms with E-state index < -0.39 is 0 Å². The van der Waals surface area contributed by atoms with E-state index in [9.17, 15) is 0 Å². The molecular formula is C23H19N5O2S. The number of benzene rings is 2. The molecule has 0 saturated carbocycles. The van der Waals surface area contributed by atoms with Crippen LogP contribution in [0.4, 0.5) is 0 Å². The highest BCUT2D eigenvalue weighted by Crippen LogP contribution is 2.30. The van der Waals surface area contributed by atoms with Crippen molar-refractivity contribution >= 4 is 11.8 Å². The summed E-state index contributed by atoms with van der Waals surface area (Å²) in [5.74, 6) is 2.65. The van der Waals surface area contributed by atoms with Gasteiger partial charge in [0.1, 0.15) is 0 Å². The number of aryl methyl sites for hydroxylation is 2. The molecule has 5 aromatic rings. The molecule has 0 fully saturated rings. The molecule has 0 atom stereocenters. The maximum absolute atomic E-state index is 5.73. The van der Waals surface area contributed by atoms with Gasteiger partial charge in [0.2, 0.25) is 5.89 Å². The quantitative estimate of drug-likeness (QED) is 0.330. The van der Waals surface area contributed by atoms with Crippen LogP contribution in [-0.4, -0.2) is 25.0 Å². The molecule has 8 heteroatoms. The van der Waals surface area contributed by atoms with Crippen LogP contribution in [0.1, 0.15) is 17.0 Å². The highest BCUT2D eigenvalue weighted by atomic mass is 32.2. The predicted octanol–water partition coefficient (Wildman–Crippen LogP) is 5.49. The molecule has 0 spiro atoms. The second kappa shape index (κ2) is 8.23. The smallest absolute Gasteiger partial charge is 0.283 e. The number of hydrogen-bond donors (Lipinski definition) is 0. The average molecular weight is 430 g/mol. The Hall–Kier alpha value is -3.65. The number of rotatable bonds is 6. The molecule has 0 N–H and O–H groups in total. The van der Waals surface area contributed by atoms with Gasteiger partial charge in [0.15, 0.2) is 16.7 Å². The molecule has 0 aliphatic rings. The lowest BCUT2D eigenvalue weighted by Crippen LogP contribution is -2.01. The molecule has 0 aliphatic heterocycles. The largest absolute Gasteiger partial charge is 0.459 e. The zero-order valence-electron chi connectivity index (χ0n) is 17.0. The molecule has 31 heavy (non-hydrogen) atoms. The summed E-state index contributed by atoms with van der Waals surface area (Å²) in [4.78, 5) is 0. The van der Waals surface area contributed by atoms with Gasteiger partial charge in [-0.3, -0.25) is 4.57 Å². The van der Waals surface area contributed by atoms with Crippen molar-refractivity contribution in [2.45, 2.75) is 24.8 Å². The highest BCUT2D eigenvalue weighted by molar-refractivity contribution is 7.98. The fourth-order valence-electron chi connectivity index (χ4n) is 3.17. The van der Waals surface area contributed by atoms with E-state index in [-0.39, 0.29) is 0 Å². The number of nitrogens with zero attached hydrogens (tertiary/aromatic N) is 5. The maximum atomic E-state index is 5.73. The van der Waals surface area contributed by atoms with Crippen LogP contribution in [-0.2, 0) is 5.75 Å². The Morgan fingerprint density at radius 3 is 2.52 bits per heavy atom. The van der Waals surface area contributed by atoms with E-state index in [1.165, 1.54) is 22.9 Å². The van der Waals surface area contributed by atoms with Crippen LogP contribution in [0.3, 0.4) is 0 Å². The van der Waals surface area contributed by atoms with Crippen LogP contribution < -0.4 is 0 Å². The molecule has 0 radical (unpaired) electrons. The average Bonchev–Trinajstić information content (AvgIpc) is 3.55. The zero-order valence-corrected chi connectivity index (χ0v) is 17.8. The standard InChI is InChI=1S/C23H19N5O2S/c1-15-10-11-18(13-16(15)2)28-21(17-7-4-3-5-8-17)25-27-23(28)31-14-20-24-26-22(30-20)19-9-6-12-29-19/h3-13H,14H2,1-2H3. The lowest BCUT2D eigenvalue weighted by molar-refractivity contribution is 0.494. The second-order valence-electron chi connectivity index (χ2n) is 7.04. The Labute approximate surface area is 183 Å². The van der Waals surface area contributed by atoms with Crippen molar-refractivity contribution < 1.29 is 8.83 Å². The van der Waals surface area contributed by atoms with E-state index in [1.54, 1.807) is 18.4 Å². The third kappa shape index (κ3) is 3.89. The summed E-state index contributed by atoms with van der Waals surface area (Å²) >= 11 is 1.49. The van der Waals surface area contributed by atoms with Crippen LogP contribution in [0.5, 0.6) is 0 Å². The molecule has 3 aromatic heterocycles. The Morgan fingerprint density at radius 2 is 1.74 bits per heavy atom. The first-order valence-electron chi connectivity index (χ1n) is 9.76. The number of hydrogen-bond acceptors (Lipinski definition) is 7. The van der Waals surface area contributed by atoms with Crippen LogP contribution in [0.25, 0.3) is 28.7 Å². The van der Waals surface area contributed by atoms with Gasteiger partial charge in [-0.05, 0) is 49.2 Å². The minimum Gasteiger partial charge on any atom is -0.459 e. The number of aromatic nitrogens is 5. The van der Waals surface area contributed by atoms with Gasteiger partial charge < -0.3 is 8.83 Å². The van der Waals surface area contributed by atoms with Gasteiger partial charge in [-0.2, -0.15) is 0 Å². The summed E-state index contributed by atoms with van der Waals surface area (Å²) in [6.45, 7) is 4.21. The van der Waals surface area contributed by atoms with E-state index in [2.05, 4.69) is 57.0 Å². The summed E-state index contributed by atoms with van der Waals surface area (Å²) in [5.41, 5.74) is 4.46. The van der Waals surface area contributed by atoms with Crippen molar-refractivity contribution in [3.63, 3.8) is 0 Å². The van der Waals surface area contributed by atoms with Gasteiger partial charge in [0.05, 0.1) is 17.7 Å². The molecule has 0 unspecified atom stereocenters. The van der Waals surface area contributed by atoms with Crippen LogP contribution in [0.15, 0.2) is 80.9 Å². The first kappa shape index (κ1) is 19.3. The topological polar surface area (TPSA) is 82.8 Å². The minimum absolute atomic E-state index is 0.362. The lowest BCUT2D eigenvalue weighted by atomic mass is 10.1. The third-order valence-electron chi connectivity index (χ3n) is 4.94. The Balaban J connectivity index is 1.48. The molecule has 5 rings (SSSR count). The monoisotopic (exact) mass is 429 g/mol. The summed E-state index contributed by atoms with van der Waals surface area (Å²) in [6, 6.07) is 20.0. The molecular weight excluding hydrogens is 410 g/mol. The molecule has 3 heterocycles. The van der Waals surface area contributed by atoms with Gasteiger partial charge in [-0.25, -0.2) is 0 Å². The van der Waals surface area contributed by atoms with Crippen molar-refractivity contribution in [1.29, 1.82) is 0 Å². The van der Waals surface area contributed by atoms with Gasteiger partial charge in [-0.15, -0.1) is 20.4 Å². The Morgan fingerprint density at radius 1 is 0.871 bits per heavy atom. The molecule has 154 valence electrons. The minimum atomic E-state index is 0.362. The van der Waals surface area contributed by atoms with Gasteiger partial charge in [-0.1, -0.05) is 48.2 Å². The van der Waals surface area contributed by atoms with E-state index in [1.807, 2.05) is 30.3 Å². The van der Waals surface area contributed by atoms with Gasteiger partial charge in [0, 0.05) is 5.56 Å². The molecule has 0 amide bonds. The van der Waals surface area contributed by atoms with E-state index >= 15 is 0 Å². The fraction of sp³-hybridized carbons (Fsp3) is 0.130. The first-order valence-corrected chi connectivity index (χ1v) is 10.7. The molecule has 0 aliphatic carbocycles. The van der Waals surface area contributed by atoms with Crippen molar-refractivity contribution in [2.75, 3.05) is 0 Å². The van der Waals surface area contributed by atoms with Gasteiger partial charge in [0.25, 0.3) is 5.89 Å². The fourth-order valence-corrected chi connectivity index (χ4v) is 3.96. The summed E-state index contributed by atoms with van der Waals surface area (Å²) in [6.07, 6.45) is 1.57. The third-order valence-corrected chi connectivity index (χ3v) is 5.85. The zero-order chi connectivity index (χ0) is 21.2. The van der Waals surface area contributed by atoms with E-state index in [0.29, 0.717) is 23.3 Å². The summed E-state index contributed by atoms with van der Waals surface area (Å²) in [7, 11) is 0. The van der Waals surface area contributed by atoms with Crippen molar-refractivity contribution in [3.8, 4) is 28.7 Å². The molecule has 0 saturated heterocycles. The first-order chi connectivity index (χ1) is 15.2. The van der Waals surface area contributed by atoms with Crippen LogP contribution in [0, 0.1) is 13.8 Å².